The maximum absolute atomic E-state index is 11.6. The number of primary amides is 1. The number of ether oxygens (including phenoxy) is 3. The first-order valence-electron chi connectivity index (χ1n) is 9.01. The molecule has 7 heteroatoms. The van der Waals surface area contributed by atoms with Crippen molar-refractivity contribution in [1.29, 1.82) is 0 Å². The van der Waals surface area contributed by atoms with Gasteiger partial charge in [0.05, 0.1) is 20.3 Å². The monoisotopic (exact) mass is 404 g/mol. The van der Waals surface area contributed by atoms with Crippen molar-refractivity contribution in [3.8, 4) is 17.2 Å². The number of nitrogens with two attached hydrogens (primary N) is 1. The first kappa shape index (κ1) is 21.9. The molecular weight excluding hydrogens is 376 g/mol. The minimum atomic E-state index is -0.345. The van der Waals surface area contributed by atoms with E-state index in [0.29, 0.717) is 31.1 Å². The molecule has 2 rings (SSSR count). The lowest BCUT2D eigenvalue weighted by molar-refractivity contribution is -0.120. The van der Waals surface area contributed by atoms with E-state index in [1.165, 1.54) is 0 Å². The van der Waals surface area contributed by atoms with E-state index >= 15 is 0 Å². The Bertz CT molecular complexity index is 770. The number of nitrogens with one attached hydrogen (secondary N) is 1. The van der Waals surface area contributed by atoms with E-state index in [9.17, 15) is 4.79 Å². The summed E-state index contributed by atoms with van der Waals surface area (Å²) >= 11 is 1.69. The Morgan fingerprint density at radius 2 is 1.93 bits per heavy atom. The molecule has 0 fully saturated rings. The van der Waals surface area contributed by atoms with Gasteiger partial charge in [0.1, 0.15) is 12.4 Å². The van der Waals surface area contributed by atoms with Crippen molar-refractivity contribution < 1.29 is 19.0 Å². The summed E-state index contributed by atoms with van der Waals surface area (Å²) in [4.78, 5) is 11.6. The molecule has 1 amide bonds. The second kappa shape index (κ2) is 11.5. The molecule has 0 aliphatic carbocycles. The number of methoxy groups -OCH3 is 2. The Balaban J connectivity index is 1.99. The van der Waals surface area contributed by atoms with E-state index in [0.717, 1.165) is 22.6 Å². The molecule has 0 saturated carbocycles. The number of benzene rings is 2. The van der Waals surface area contributed by atoms with Gasteiger partial charge in [0.2, 0.25) is 5.91 Å². The largest absolute Gasteiger partial charge is 0.497 e. The van der Waals surface area contributed by atoms with Gasteiger partial charge in [-0.15, -0.1) is 0 Å². The summed E-state index contributed by atoms with van der Waals surface area (Å²) in [5.74, 6) is 2.63. The van der Waals surface area contributed by atoms with Crippen LogP contribution in [0.25, 0.3) is 0 Å². The van der Waals surface area contributed by atoms with Crippen LogP contribution in [-0.4, -0.2) is 38.2 Å². The first-order chi connectivity index (χ1) is 13.6. The predicted molar refractivity (Wildman–Crippen MR) is 113 cm³/mol. The second-order valence-corrected chi connectivity index (χ2v) is 7.23. The van der Waals surface area contributed by atoms with Crippen molar-refractivity contribution in [2.24, 2.45) is 5.73 Å². The van der Waals surface area contributed by atoms with Crippen LogP contribution in [0.5, 0.6) is 17.2 Å². The highest BCUT2D eigenvalue weighted by Gasteiger charge is 2.14. The molecule has 0 unspecified atom stereocenters. The molecule has 0 spiro atoms. The number of rotatable bonds is 12. The van der Waals surface area contributed by atoms with Gasteiger partial charge in [-0.3, -0.25) is 4.79 Å². The molecule has 0 aliphatic heterocycles. The topological polar surface area (TPSA) is 82.8 Å². The third kappa shape index (κ3) is 6.65. The molecule has 2 aromatic carbocycles. The number of hydrogen-bond acceptors (Lipinski definition) is 6. The Morgan fingerprint density at radius 3 is 2.61 bits per heavy atom. The molecule has 3 N–H and O–H groups in total. The molecule has 0 saturated heterocycles. The van der Waals surface area contributed by atoms with Crippen LogP contribution in [0.2, 0.25) is 0 Å². The van der Waals surface area contributed by atoms with Gasteiger partial charge in [-0.1, -0.05) is 18.2 Å². The van der Waals surface area contributed by atoms with Crippen LogP contribution >= 0.6 is 11.8 Å². The third-order valence-electron chi connectivity index (χ3n) is 4.26. The summed E-state index contributed by atoms with van der Waals surface area (Å²) < 4.78 is 16.6. The molecular formula is C21H28N2O4S. The summed E-state index contributed by atoms with van der Waals surface area (Å²) in [7, 11) is 3.25. The lowest BCUT2D eigenvalue weighted by atomic mass is 10.1. The molecule has 6 nitrogen and oxygen atoms in total. The van der Waals surface area contributed by atoms with Gasteiger partial charge in [-0.25, -0.2) is 0 Å². The lowest BCUT2D eigenvalue weighted by Crippen LogP contribution is -2.41. The predicted octanol–water partition coefficient (Wildman–Crippen LogP) is 2.98. The van der Waals surface area contributed by atoms with Crippen LogP contribution in [0.1, 0.15) is 17.5 Å². The van der Waals surface area contributed by atoms with Gasteiger partial charge < -0.3 is 25.3 Å². The smallest absolute Gasteiger partial charge is 0.234 e. The fraction of sp³-hybridized carbons (Fsp3) is 0.381. The molecule has 2 aromatic rings. The molecule has 0 aliphatic rings. The molecule has 0 heterocycles. The van der Waals surface area contributed by atoms with E-state index in [4.69, 9.17) is 19.9 Å². The standard InChI is InChI=1S/C21H28N2O4S/c1-25-17-6-4-5-16(11-17)14-27-19-8-7-15(12-20(19)26-2)13-23-18(21(22)24)9-10-28-3/h4-8,11-12,18,23H,9-10,13-14H2,1-3H3,(H2,22,24)/t18-/m0/s1. The average molecular weight is 405 g/mol. The zero-order valence-electron chi connectivity index (χ0n) is 16.6. The first-order valence-corrected chi connectivity index (χ1v) is 10.4. The van der Waals surface area contributed by atoms with E-state index in [1.807, 2.05) is 48.7 Å². The Labute approximate surface area is 170 Å². The fourth-order valence-corrected chi connectivity index (χ4v) is 3.16. The summed E-state index contributed by atoms with van der Waals surface area (Å²) in [5.41, 5.74) is 7.46. The Hall–Kier alpha value is -2.38. The Morgan fingerprint density at radius 1 is 1.11 bits per heavy atom. The van der Waals surface area contributed by atoms with Crippen molar-refractivity contribution in [2.45, 2.75) is 25.6 Å². The van der Waals surface area contributed by atoms with E-state index in [1.54, 1.807) is 26.0 Å². The quantitative estimate of drug-likeness (QED) is 0.566. The lowest BCUT2D eigenvalue weighted by Gasteiger charge is -2.16. The highest BCUT2D eigenvalue weighted by Crippen LogP contribution is 2.29. The summed E-state index contributed by atoms with van der Waals surface area (Å²) in [6, 6.07) is 13.1. The van der Waals surface area contributed by atoms with Gasteiger partial charge in [0.25, 0.3) is 0 Å². The van der Waals surface area contributed by atoms with Crippen LogP contribution in [-0.2, 0) is 17.9 Å². The van der Waals surface area contributed by atoms with Gasteiger partial charge in [0.15, 0.2) is 11.5 Å². The minimum absolute atomic E-state index is 0.334. The van der Waals surface area contributed by atoms with Crippen molar-refractivity contribution in [3.63, 3.8) is 0 Å². The molecule has 0 aromatic heterocycles. The van der Waals surface area contributed by atoms with E-state index < -0.39 is 0 Å². The summed E-state index contributed by atoms with van der Waals surface area (Å²) in [5, 5.41) is 3.21. The van der Waals surface area contributed by atoms with Crippen molar-refractivity contribution in [2.75, 3.05) is 26.2 Å². The maximum Gasteiger partial charge on any atom is 0.234 e. The summed E-state index contributed by atoms with van der Waals surface area (Å²) in [6.45, 7) is 0.929. The number of carbonyl (C=O) groups is 1. The average Bonchev–Trinajstić information content (AvgIpc) is 2.72. The molecule has 152 valence electrons. The number of thioether (sulfide) groups is 1. The van der Waals surface area contributed by atoms with Crippen molar-refractivity contribution >= 4 is 17.7 Å². The van der Waals surface area contributed by atoms with Crippen molar-refractivity contribution in [3.05, 3.63) is 53.6 Å². The third-order valence-corrected chi connectivity index (χ3v) is 4.91. The summed E-state index contributed by atoms with van der Waals surface area (Å²) in [6.07, 6.45) is 2.71. The minimum Gasteiger partial charge on any atom is -0.497 e. The molecule has 0 radical (unpaired) electrons. The van der Waals surface area contributed by atoms with Gasteiger partial charge in [-0.05, 0) is 53.8 Å². The maximum atomic E-state index is 11.6. The van der Waals surface area contributed by atoms with Crippen LogP contribution < -0.4 is 25.3 Å². The number of carbonyl (C=O) groups excluding carboxylic acids is 1. The van der Waals surface area contributed by atoms with Crippen LogP contribution in [0, 0.1) is 0 Å². The van der Waals surface area contributed by atoms with Crippen LogP contribution in [0.4, 0.5) is 0 Å². The highest BCUT2D eigenvalue weighted by molar-refractivity contribution is 7.98. The number of hydrogen-bond donors (Lipinski definition) is 2. The van der Waals surface area contributed by atoms with Crippen LogP contribution in [0.15, 0.2) is 42.5 Å². The zero-order chi connectivity index (χ0) is 20.4. The molecule has 28 heavy (non-hydrogen) atoms. The van der Waals surface area contributed by atoms with Gasteiger partial charge >= 0.3 is 0 Å². The van der Waals surface area contributed by atoms with E-state index in [-0.39, 0.29) is 11.9 Å². The zero-order valence-corrected chi connectivity index (χ0v) is 17.4. The molecule has 1 atom stereocenters. The number of amides is 1. The second-order valence-electron chi connectivity index (χ2n) is 6.24. The Kier molecular flexibility index (Phi) is 8.97. The molecule has 0 bridgehead atoms. The van der Waals surface area contributed by atoms with E-state index in [2.05, 4.69) is 5.32 Å². The van der Waals surface area contributed by atoms with Gasteiger partial charge in [-0.2, -0.15) is 11.8 Å². The fourth-order valence-electron chi connectivity index (χ4n) is 2.69. The SMILES string of the molecule is COc1cccc(COc2ccc(CN[C@@H](CCSC)C(N)=O)cc2OC)c1. The highest BCUT2D eigenvalue weighted by atomic mass is 32.2. The normalized spacial score (nSPS) is 11.7. The van der Waals surface area contributed by atoms with Crippen LogP contribution in [0.3, 0.4) is 0 Å². The van der Waals surface area contributed by atoms with Crippen molar-refractivity contribution in [1.82, 2.24) is 5.32 Å². The van der Waals surface area contributed by atoms with Gasteiger partial charge in [0, 0.05) is 6.54 Å².